The molecule has 0 fully saturated rings. The van der Waals surface area contributed by atoms with Crippen molar-refractivity contribution in [3.05, 3.63) is 79.2 Å². The highest BCUT2D eigenvalue weighted by Gasteiger charge is 2.19. The summed E-state index contributed by atoms with van der Waals surface area (Å²) in [4.78, 5) is 16.7. The van der Waals surface area contributed by atoms with E-state index >= 15 is 0 Å². The van der Waals surface area contributed by atoms with Crippen LogP contribution in [0, 0.1) is 0 Å². The molecule has 0 saturated carbocycles. The molecule has 134 valence electrons. The quantitative estimate of drug-likeness (QED) is 0.366. The third-order valence-electron chi connectivity index (χ3n) is 3.36. The van der Waals surface area contributed by atoms with Crippen molar-refractivity contribution in [1.82, 2.24) is 4.98 Å². The maximum Gasteiger partial charge on any atom is 0.193 e. The zero-order valence-corrected chi connectivity index (χ0v) is 14.7. The second kappa shape index (κ2) is 9.84. The Morgan fingerprint density at radius 1 is 1.08 bits per heavy atom. The van der Waals surface area contributed by atoms with Gasteiger partial charge in [-0.05, 0) is 23.8 Å². The van der Waals surface area contributed by atoms with Gasteiger partial charge in [0, 0.05) is 24.5 Å². The molecule has 5 heteroatoms. The van der Waals surface area contributed by atoms with Gasteiger partial charge in [0.2, 0.25) is 0 Å². The number of methoxy groups -OCH3 is 1. The van der Waals surface area contributed by atoms with Crippen molar-refractivity contribution >= 4 is 11.9 Å². The van der Waals surface area contributed by atoms with Crippen LogP contribution < -0.4 is 14.2 Å². The zero-order valence-electron chi connectivity index (χ0n) is 14.7. The monoisotopic (exact) mass is 351 g/mol. The van der Waals surface area contributed by atoms with E-state index in [2.05, 4.69) is 18.1 Å². The van der Waals surface area contributed by atoms with Gasteiger partial charge in [-0.2, -0.15) is 0 Å². The summed E-state index contributed by atoms with van der Waals surface area (Å²) in [6.07, 6.45) is 9.74. The molecule has 26 heavy (non-hydrogen) atoms. The fourth-order valence-corrected chi connectivity index (χ4v) is 2.20. The van der Waals surface area contributed by atoms with Crippen molar-refractivity contribution in [2.24, 2.45) is 0 Å². The summed E-state index contributed by atoms with van der Waals surface area (Å²) in [5.74, 6) is 1.02. The average Bonchev–Trinajstić information content (AvgIpc) is 2.69. The molecule has 2 aromatic rings. The van der Waals surface area contributed by atoms with Crippen LogP contribution in [0.1, 0.15) is 15.9 Å². The summed E-state index contributed by atoms with van der Waals surface area (Å²) in [6, 6.07) is 6.92. The van der Waals surface area contributed by atoms with Crippen LogP contribution in [0.4, 0.5) is 0 Å². The summed E-state index contributed by atoms with van der Waals surface area (Å²) in [5.41, 5.74) is 1.19. The lowest BCUT2D eigenvalue weighted by Crippen LogP contribution is -2.06. The van der Waals surface area contributed by atoms with E-state index in [1.165, 1.54) is 13.2 Å². The van der Waals surface area contributed by atoms with Crippen LogP contribution in [-0.2, 0) is 0 Å². The van der Waals surface area contributed by atoms with Crippen molar-refractivity contribution < 1.29 is 19.0 Å². The molecule has 0 aliphatic rings. The van der Waals surface area contributed by atoms with Gasteiger partial charge in [0.1, 0.15) is 36.0 Å². The van der Waals surface area contributed by atoms with E-state index in [9.17, 15) is 4.79 Å². The van der Waals surface area contributed by atoms with E-state index < -0.39 is 0 Å². The molecule has 0 atom stereocenters. The van der Waals surface area contributed by atoms with Gasteiger partial charge in [0.05, 0.1) is 7.11 Å². The Labute approximate surface area is 153 Å². The minimum Gasteiger partial charge on any atom is -0.496 e. The number of hydrogen-bond donors (Lipinski definition) is 0. The molecular weight excluding hydrogens is 330 g/mol. The highest BCUT2D eigenvalue weighted by atomic mass is 16.5. The molecule has 0 spiro atoms. The Morgan fingerprint density at radius 2 is 1.73 bits per heavy atom. The van der Waals surface area contributed by atoms with Gasteiger partial charge < -0.3 is 14.2 Å². The lowest BCUT2D eigenvalue weighted by molar-refractivity contribution is 0.104. The van der Waals surface area contributed by atoms with Gasteiger partial charge in [0.25, 0.3) is 0 Å². The van der Waals surface area contributed by atoms with Crippen LogP contribution in [-0.4, -0.2) is 31.1 Å². The third-order valence-corrected chi connectivity index (χ3v) is 3.36. The number of ketones is 1. The van der Waals surface area contributed by atoms with E-state index in [0.29, 0.717) is 29.4 Å². The Bertz CT molecular complexity index is 797. The molecule has 1 heterocycles. The summed E-state index contributed by atoms with van der Waals surface area (Å²) in [5, 5.41) is 0. The van der Waals surface area contributed by atoms with Crippen molar-refractivity contribution in [2.75, 3.05) is 20.3 Å². The lowest BCUT2D eigenvalue weighted by Gasteiger charge is -2.15. The van der Waals surface area contributed by atoms with Gasteiger partial charge >= 0.3 is 0 Å². The molecule has 1 aromatic carbocycles. The molecule has 0 N–H and O–H groups in total. The Hall–Kier alpha value is -3.34. The van der Waals surface area contributed by atoms with Gasteiger partial charge in [-0.25, -0.2) is 0 Å². The molecule has 0 amide bonds. The normalized spacial score (nSPS) is 10.3. The molecule has 0 aliphatic heterocycles. The zero-order chi connectivity index (χ0) is 18.8. The predicted octanol–water partition coefficient (Wildman–Crippen LogP) is 4.12. The number of benzene rings is 1. The summed E-state index contributed by atoms with van der Waals surface area (Å²) < 4.78 is 16.6. The molecule has 1 aromatic heterocycles. The number of pyridine rings is 1. The first-order valence-electron chi connectivity index (χ1n) is 8.01. The minimum absolute atomic E-state index is 0.243. The fraction of sp³-hybridized carbons (Fsp3) is 0.143. The SMILES string of the molecule is C=CCOc1cc(OC)c(C(=O)/C=C/c2ccncc2)c(OCC=C)c1. The number of aromatic nitrogens is 1. The van der Waals surface area contributed by atoms with Crippen LogP contribution in [0.2, 0.25) is 0 Å². The number of allylic oxidation sites excluding steroid dienone is 1. The number of hydrogen-bond acceptors (Lipinski definition) is 5. The first-order valence-corrected chi connectivity index (χ1v) is 8.01. The van der Waals surface area contributed by atoms with Crippen LogP contribution in [0.25, 0.3) is 6.08 Å². The Balaban J connectivity index is 2.39. The van der Waals surface area contributed by atoms with E-state index in [1.54, 1.807) is 42.8 Å². The van der Waals surface area contributed by atoms with Gasteiger partial charge in [-0.1, -0.05) is 31.4 Å². The second-order valence-corrected chi connectivity index (χ2v) is 5.18. The number of rotatable bonds is 10. The highest BCUT2D eigenvalue weighted by molar-refractivity contribution is 6.10. The maximum absolute atomic E-state index is 12.8. The number of carbonyl (C=O) groups excluding carboxylic acids is 1. The number of ether oxygens (including phenoxy) is 3. The molecule has 0 bridgehead atoms. The topological polar surface area (TPSA) is 57.7 Å². The summed E-state index contributed by atoms with van der Waals surface area (Å²) >= 11 is 0. The van der Waals surface area contributed by atoms with Crippen LogP contribution in [0.3, 0.4) is 0 Å². The summed E-state index contributed by atoms with van der Waals surface area (Å²) in [6.45, 7) is 7.84. The van der Waals surface area contributed by atoms with Crippen molar-refractivity contribution in [3.8, 4) is 17.2 Å². The van der Waals surface area contributed by atoms with Crippen LogP contribution in [0.15, 0.2) is 68.0 Å². The van der Waals surface area contributed by atoms with Crippen molar-refractivity contribution in [3.63, 3.8) is 0 Å². The first-order chi connectivity index (χ1) is 12.7. The highest BCUT2D eigenvalue weighted by Crippen LogP contribution is 2.35. The predicted molar refractivity (Wildman–Crippen MR) is 102 cm³/mol. The largest absolute Gasteiger partial charge is 0.496 e. The first kappa shape index (κ1) is 19.0. The van der Waals surface area contributed by atoms with E-state index in [0.717, 1.165) is 5.56 Å². The van der Waals surface area contributed by atoms with E-state index in [-0.39, 0.29) is 12.4 Å². The molecule has 0 aliphatic carbocycles. The fourth-order valence-electron chi connectivity index (χ4n) is 2.20. The minimum atomic E-state index is -0.243. The number of nitrogens with zero attached hydrogens (tertiary/aromatic N) is 1. The van der Waals surface area contributed by atoms with Gasteiger partial charge in [-0.15, -0.1) is 0 Å². The molecule has 2 rings (SSSR count). The third kappa shape index (κ3) is 5.08. The molecule has 0 saturated heterocycles. The summed E-state index contributed by atoms with van der Waals surface area (Å²) in [7, 11) is 1.49. The molecular formula is C21H21NO4. The standard InChI is InChI=1S/C21H21NO4/c1-4-12-25-17-14-19(24-3)21(20(15-17)26-13-5-2)18(23)7-6-16-8-10-22-11-9-16/h4-11,14-15H,1-2,12-13H2,3H3/b7-6+. The Kier molecular flexibility index (Phi) is 7.18. The Morgan fingerprint density at radius 3 is 2.38 bits per heavy atom. The lowest BCUT2D eigenvalue weighted by atomic mass is 10.1. The molecule has 0 radical (unpaired) electrons. The maximum atomic E-state index is 12.8. The van der Waals surface area contributed by atoms with Crippen LogP contribution in [0.5, 0.6) is 17.2 Å². The van der Waals surface area contributed by atoms with Crippen molar-refractivity contribution in [1.29, 1.82) is 0 Å². The molecule has 5 nitrogen and oxygen atoms in total. The van der Waals surface area contributed by atoms with Crippen molar-refractivity contribution in [2.45, 2.75) is 0 Å². The van der Waals surface area contributed by atoms with Gasteiger partial charge in [0.15, 0.2) is 5.78 Å². The van der Waals surface area contributed by atoms with Gasteiger partial charge in [-0.3, -0.25) is 9.78 Å². The average molecular weight is 351 g/mol. The molecule has 0 unspecified atom stereocenters. The van der Waals surface area contributed by atoms with E-state index in [4.69, 9.17) is 14.2 Å². The smallest absolute Gasteiger partial charge is 0.193 e. The number of carbonyl (C=O) groups is 1. The van der Waals surface area contributed by atoms with E-state index in [1.807, 2.05) is 12.1 Å². The van der Waals surface area contributed by atoms with Crippen LogP contribution >= 0.6 is 0 Å². The second-order valence-electron chi connectivity index (χ2n) is 5.18.